The third-order valence-electron chi connectivity index (χ3n) is 3.82. The van der Waals surface area contributed by atoms with Crippen molar-refractivity contribution in [2.45, 2.75) is 57.9 Å². The van der Waals surface area contributed by atoms with Crippen molar-refractivity contribution in [3.8, 4) is 0 Å². The Morgan fingerprint density at radius 1 is 1.24 bits per heavy atom. The highest BCUT2D eigenvalue weighted by molar-refractivity contribution is 5.04. The van der Waals surface area contributed by atoms with E-state index in [0.29, 0.717) is 0 Å². The van der Waals surface area contributed by atoms with Crippen molar-refractivity contribution in [3.63, 3.8) is 0 Å². The predicted octanol–water partition coefficient (Wildman–Crippen LogP) is 2.95. The fourth-order valence-corrected chi connectivity index (χ4v) is 2.59. The summed E-state index contributed by atoms with van der Waals surface area (Å²) in [5.74, 6) is 0. The summed E-state index contributed by atoms with van der Waals surface area (Å²) in [6, 6.07) is 0.887. The van der Waals surface area contributed by atoms with Gasteiger partial charge in [-0.15, -0.1) is 0 Å². The summed E-state index contributed by atoms with van der Waals surface area (Å²) in [5.41, 5.74) is 1.56. The van der Waals surface area contributed by atoms with E-state index >= 15 is 0 Å². The fourth-order valence-electron chi connectivity index (χ4n) is 2.59. The van der Waals surface area contributed by atoms with E-state index in [2.05, 4.69) is 23.2 Å². The van der Waals surface area contributed by atoms with Crippen molar-refractivity contribution >= 4 is 0 Å². The van der Waals surface area contributed by atoms with Crippen LogP contribution in [0, 0.1) is 0 Å². The maximum Gasteiger partial charge on any atom is 0.0190 e. The van der Waals surface area contributed by atoms with Crippen LogP contribution in [0.5, 0.6) is 0 Å². The molecule has 0 atom stereocenters. The average molecular weight is 236 g/mol. The van der Waals surface area contributed by atoms with Gasteiger partial charge < -0.3 is 5.32 Å². The van der Waals surface area contributed by atoms with Gasteiger partial charge in [0, 0.05) is 19.1 Å². The largest absolute Gasteiger partial charge is 0.314 e. The Morgan fingerprint density at radius 3 is 2.82 bits per heavy atom. The Morgan fingerprint density at radius 2 is 2.06 bits per heavy atom. The Labute approximate surface area is 106 Å². The molecule has 1 heterocycles. The number of hydrogen-bond donors (Lipinski definition) is 1. The van der Waals surface area contributed by atoms with Crippen molar-refractivity contribution in [1.82, 2.24) is 10.2 Å². The molecule has 2 heteroatoms. The first-order chi connectivity index (χ1) is 8.34. The standard InChI is InChI=1S/C15H28N2/c1-14-7-6-12-17(13-14)11-5-3-2-4-10-16-15-8-9-15/h7,15-16H,2-6,8-13H2,1H3. The average Bonchev–Trinajstić information content (AvgIpc) is 3.12. The zero-order valence-corrected chi connectivity index (χ0v) is 11.4. The Kier molecular flexibility index (Phi) is 5.53. The van der Waals surface area contributed by atoms with Crippen molar-refractivity contribution in [2.75, 3.05) is 26.2 Å². The van der Waals surface area contributed by atoms with Crippen molar-refractivity contribution < 1.29 is 0 Å². The summed E-state index contributed by atoms with van der Waals surface area (Å²) in [4.78, 5) is 2.61. The molecule has 0 aromatic carbocycles. The molecular formula is C15H28N2. The van der Waals surface area contributed by atoms with E-state index in [1.807, 2.05) is 0 Å². The van der Waals surface area contributed by atoms with Gasteiger partial charge in [-0.3, -0.25) is 4.90 Å². The molecule has 0 saturated heterocycles. The fraction of sp³-hybridized carbons (Fsp3) is 0.867. The quantitative estimate of drug-likeness (QED) is 0.515. The first kappa shape index (κ1) is 13.1. The molecule has 2 nitrogen and oxygen atoms in total. The van der Waals surface area contributed by atoms with Crippen LogP contribution in [0.3, 0.4) is 0 Å². The van der Waals surface area contributed by atoms with E-state index in [1.54, 1.807) is 5.57 Å². The normalized spacial score (nSPS) is 21.6. The Bertz CT molecular complexity index is 243. The van der Waals surface area contributed by atoms with E-state index in [1.165, 1.54) is 71.1 Å². The van der Waals surface area contributed by atoms with Crippen LogP contribution in [0.4, 0.5) is 0 Å². The minimum Gasteiger partial charge on any atom is -0.314 e. The van der Waals surface area contributed by atoms with Crippen molar-refractivity contribution in [3.05, 3.63) is 11.6 Å². The number of unbranched alkanes of at least 4 members (excludes halogenated alkanes) is 3. The number of rotatable bonds is 8. The minimum absolute atomic E-state index is 0.887. The van der Waals surface area contributed by atoms with Crippen LogP contribution in [0.2, 0.25) is 0 Å². The molecule has 2 aliphatic rings. The maximum atomic E-state index is 3.58. The third-order valence-corrected chi connectivity index (χ3v) is 3.82. The van der Waals surface area contributed by atoms with Gasteiger partial charge in [-0.25, -0.2) is 0 Å². The number of nitrogens with zero attached hydrogens (tertiary/aromatic N) is 1. The Balaban J connectivity index is 1.39. The lowest BCUT2D eigenvalue weighted by Gasteiger charge is -2.25. The second kappa shape index (κ2) is 7.17. The van der Waals surface area contributed by atoms with Crippen LogP contribution in [0.25, 0.3) is 0 Å². The number of hydrogen-bond acceptors (Lipinski definition) is 2. The van der Waals surface area contributed by atoms with Gasteiger partial charge >= 0.3 is 0 Å². The molecule has 0 radical (unpaired) electrons. The molecule has 1 N–H and O–H groups in total. The summed E-state index contributed by atoms with van der Waals surface area (Å²) in [5, 5.41) is 3.58. The smallest absolute Gasteiger partial charge is 0.0190 e. The highest BCUT2D eigenvalue weighted by Crippen LogP contribution is 2.18. The molecule has 98 valence electrons. The van der Waals surface area contributed by atoms with Gasteiger partial charge in [0.1, 0.15) is 0 Å². The van der Waals surface area contributed by atoms with E-state index in [0.717, 1.165) is 6.04 Å². The zero-order valence-electron chi connectivity index (χ0n) is 11.4. The molecule has 17 heavy (non-hydrogen) atoms. The molecule has 1 aliphatic carbocycles. The first-order valence-corrected chi connectivity index (χ1v) is 7.46. The van der Waals surface area contributed by atoms with E-state index in [-0.39, 0.29) is 0 Å². The molecule has 2 rings (SSSR count). The topological polar surface area (TPSA) is 15.3 Å². The molecule has 0 aromatic rings. The molecule has 1 aliphatic heterocycles. The van der Waals surface area contributed by atoms with Gasteiger partial charge in [0.2, 0.25) is 0 Å². The molecule has 1 saturated carbocycles. The SMILES string of the molecule is CC1=CCCN(CCCCCCNC2CC2)C1. The molecule has 0 spiro atoms. The van der Waals surface area contributed by atoms with Gasteiger partial charge in [0.25, 0.3) is 0 Å². The van der Waals surface area contributed by atoms with Crippen LogP contribution in [-0.2, 0) is 0 Å². The lowest BCUT2D eigenvalue weighted by Crippen LogP contribution is -2.30. The summed E-state index contributed by atoms with van der Waals surface area (Å²) >= 11 is 0. The van der Waals surface area contributed by atoms with Gasteiger partial charge in [-0.1, -0.05) is 24.5 Å². The predicted molar refractivity (Wildman–Crippen MR) is 74.3 cm³/mol. The number of nitrogens with one attached hydrogen (secondary N) is 1. The molecule has 0 amide bonds. The van der Waals surface area contributed by atoms with Gasteiger partial charge in [0.15, 0.2) is 0 Å². The molecule has 0 aromatic heterocycles. The summed E-state index contributed by atoms with van der Waals surface area (Å²) in [6.45, 7) is 7.30. The summed E-state index contributed by atoms with van der Waals surface area (Å²) in [6.07, 6.45) is 12.1. The molecule has 0 unspecified atom stereocenters. The van der Waals surface area contributed by atoms with Crippen LogP contribution >= 0.6 is 0 Å². The van der Waals surface area contributed by atoms with Gasteiger partial charge in [-0.05, 0) is 52.1 Å². The Hall–Kier alpha value is -0.340. The lowest BCUT2D eigenvalue weighted by atomic mass is 10.1. The van der Waals surface area contributed by atoms with Gasteiger partial charge in [-0.2, -0.15) is 0 Å². The first-order valence-electron chi connectivity index (χ1n) is 7.46. The van der Waals surface area contributed by atoms with E-state index in [9.17, 15) is 0 Å². The molecule has 1 fully saturated rings. The molecular weight excluding hydrogens is 208 g/mol. The van der Waals surface area contributed by atoms with Crippen molar-refractivity contribution in [1.29, 1.82) is 0 Å². The lowest BCUT2D eigenvalue weighted by molar-refractivity contribution is 0.282. The molecule has 0 bridgehead atoms. The summed E-state index contributed by atoms with van der Waals surface area (Å²) in [7, 11) is 0. The minimum atomic E-state index is 0.887. The third kappa shape index (κ3) is 5.69. The highest BCUT2D eigenvalue weighted by atomic mass is 15.1. The highest BCUT2D eigenvalue weighted by Gasteiger charge is 2.19. The van der Waals surface area contributed by atoms with Crippen LogP contribution in [0.1, 0.15) is 51.9 Å². The summed E-state index contributed by atoms with van der Waals surface area (Å²) < 4.78 is 0. The van der Waals surface area contributed by atoms with Crippen molar-refractivity contribution in [2.24, 2.45) is 0 Å². The maximum absolute atomic E-state index is 3.58. The van der Waals surface area contributed by atoms with Crippen LogP contribution in [0.15, 0.2) is 11.6 Å². The van der Waals surface area contributed by atoms with E-state index < -0.39 is 0 Å². The second-order valence-electron chi connectivity index (χ2n) is 5.76. The van der Waals surface area contributed by atoms with Crippen LogP contribution in [-0.4, -0.2) is 37.1 Å². The monoisotopic (exact) mass is 236 g/mol. The van der Waals surface area contributed by atoms with Crippen LogP contribution < -0.4 is 5.32 Å². The van der Waals surface area contributed by atoms with E-state index in [4.69, 9.17) is 0 Å². The van der Waals surface area contributed by atoms with Gasteiger partial charge in [0.05, 0.1) is 0 Å². The zero-order chi connectivity index (χ0) is 11.9. The second-order valence-corrected chi connectivity index (χ2v) is 5.76.